The molecule has 0 saturated carbocycles. The first kappa shape index (κ1) is 27.7. The van der Waals surface area contributed by atoms with Gasteiger partial charge in [-0.2, -0.15) is 0 Å². The fourth-order valence-corrected chi connectivity index (χ4v) is 3.85. The Bertz CT molecular complexity index is 418. The molecule has 0 saturated heterocycles. The fraction of sp³-hybridized carbons (Fsp3) is 0.840. The van der Waals surface area contributed by atoms with Gasteiger partial charge < -0.3 is 10.0 Å². The van der Waals surface area contributed by atoms with Crippen LogP contribution >= 0.6 is 0 Å². The largest absolute Gasteiger partial charge is 0.481 e. The maximum atomic E-state index is 12.1. The number of carboxylic acid groups (broad SMARTS) is 1. The van der Waals surface area contributed by atoms with E-state index in [2.05, 4.69) is 6.58 Å². The van der Waals surface area contributed by atoms with E-state index >= 15 is 0 Å². The lowest BCUT2D eigenvalue weighted by atomic mass is 9.96. The molecule has 0 aromatic heterocycles. The van der Waals surface area contributed by atoms with Gasteiger partial charge in [-0.1, -0.05) is 83.1 Å². The second-order valence-corrected chi connectivity index (χ2v) is 8.27. The van der Waals surface area contributed by atoms with Crippen molar-refractivity contribution in [3.8, 4) is 0 Å². The van der Waals surface area contributed by atoms with Gasteiger partial charge in [-0.3, -0.25) is 9.59 Å². The summed E-state index contributed by atoms with van der Waals surface area (Å²) in [7, 11) is 0. The van der Waals surface area contributed by atoms with Gasteiger partial charge in [-0.15, -0.1) is 6.58 Å². The van der Waals surface area contributed by atoms with Gasteiger partial charge in [0.2, 0.25) is 5.91 Å². The molecule has 4 heteroatoms. The highest BCUT2D eigenvalue weighted by Gasteiger charge is 2.22. The summed E-state index contributed by atoms with van der Waals surface area (Å²) < 4.78 is 0. The second kappa shape index (κ2) is 20.0. The van der Waals surface area contributed by atoms with Crippen molar-refractivity contribution in [3.05, 3.63) is 12.7 Å². The minimum absolute atomic E-state index is 0.0286. The smallest absolute Gasteiger partial charge is 0.307 e. The third-order valence-electron chi connectivity index (χ3n) is 5.85. The Hall–Kier alpha value is -1.32. The molecule has 0 heterocycles. The monoisotopic (exact) mass is 409 g/mol. The van der Waals surface area contributed by atoms with Crippen molar-refractivity contribution in [2.24, 2.45) is 5.92 Å². The summed E-state index contributed by atoms with van der Waals surface area (Å²) in [5.74, 6) is -1.38. The zero-order chi connectivity index (χ0) is 21.7. The van der Waals surface area contributed by atoms with Gasteiger partial charge in [-0.05, 0) is 33.1 Å². The van der Waals surface area contributed by atoms with Gasteiger partial charge in [0.05, 0.1) is 5.92 Å². The molecule has 0 aromatic carbocycles. The molecule has 0 aliphatic rings. The van der Waals surface area contributed by atoms with Crippen LogP contribution in [-0.2, 0) is 9.59 Å². The molecule has 0 bridgehead atoms. The quantitative estimate of drug-likeness (QED) is 0.164. The molecule has 1 atom stereocenters. The number of rotatable bonds is 21. The van der Waals surface area contributed by atoms with Crippen LogP contribution in [0.2, 0.25) is 0 Å². The lowest BCUT2D eigenvalue weighted by Crippen LogP contribution is -2.33. The van der Waals surface area contributed by atoms with E-state index in [0.29, 0.717) is 19.5 Å². The topological polar surface area (TPSA) is 57.6 Å². The lowest BCUT2D eigenvalue weighted by molar-refractivity contribution is -0.146. The van der Waals surface area contributed by atoms with E-state index in [-0.39, 0.29) is 12.3 Å². The number of allylic oxidation sites excluding steroid dienone is 1. The molecular formula is C25H47NO3. The molecule has 0 aliphatic carbocycles. The second-order valence-electron chi connectivity index (χ2n) is 8.27. The third-order valence-corrected chi connectivity index (χ3v) is 5.85. The van der Waals surface area contributed by atoms with Crippen LogP contribution in [0.3, 0.4) is 0 Å². The Morgan fingerprint density at radius 1 is 0.793 bits per heavy atom. The Kier molecular flexibility index (Phi) is 19.1. The third kappa shape index (κ3) is 16.2. The number of carbonyl (C=O) groups excluding carboxylic acids is 1. The molecular weight excluding hydrogens is 362 g/mol. The van der Waals surface area contributed by atoms with Crippen molar-refractivity contribution in [1.82, 2.24) is 4.90 Å². The number of hydrogen-bond donors (Lipinski definition) is 1. The molecule has 0 rings (SSSR count). The van der Waals surface area contributed by atoms with E-state index in [0.717, 1.165) is 19.3 Å². The first-order valence-corrected chi connectivity index (χ1v) is 12.2. The summed E-state index contributed by atoms with van der Waals surface area (Å²) in [4.78, 5) is 25.3. The predicted molar refractivity (Wildman–Crippen MR) is 123 cm³/mol. The van der Waals surface area contributed by atoms with Crippen molar-refractivity contribution in [3.63, 3.8) is 0 Å². The first-order valence-electron chi connectivity index (χ1n) is 12.2. The summed E-state index contributed by atoms with van der Waals surface area (Å²) in [6, 6.07) is 0. The van der Waals surface area contributed by atoms with E-state index in [1.54, 1.807) is 4.90 Å². The molecule has 29 heavy (non-hydrogen) atoms. The highest BCUT2D eigenvalue weighted by Crippen LogP contribution is 2.18. The van der Waals surface area contributed by atoms with Crippen LogP contribution in [0.25, 0.3) is 0 Å². The number of nitrogens with zero attached hydrogens (tertiary/aromatic N) is 1. The molecule has 4 nitrogen and oxygen atoms in total. The fourth-order valence-electron chi connectivity index (χ4n) is 3.85. The molecule has 1 unspecified atom stereocenters. The van der Waals surface area contributed by atoms with E-state index in [1.807, 2.05) is 19.9 Å². The summed E-state index contributed by atoms with van der Waals surface area (Å²) in [6.07, 6.45) is 20.4. The van der Waals surface area contributed by atoms with Crippen LogP contribution in [0.5, 0.6) is 0 Å². The van der Waals surface area contributed by atoms with Crippen LogP contribution in [0.15, 0.2) is 12.7 Å². The van der Waals surface area contributed by atoms with Crippen molar-refractivity contribution in [2.75, 3.05) is 13.1 Å². The Balaban J connectivity index is 3.58. The molecule has 1 N–H and O–H groups in total. The first-order chi connectivity index (χ1) is 14.1. The van der Waals surface area contributed by atoms with Gasteiger partial charge in [0.25, 0.3) is 0 Å². The zero-order valence-electron chi connectivity index (χ0n) is 19.3. The van der Waals surface area contributed by atoms with Crippen LogP contribution in [0.1, 0.15) is 117 Å². The Labute approximate surface area is 180 Å². The number of unbranched alkanes of at least 4 members (excludes halogenated alkanes) is 13. The minimum Gasteiger partial charge on any atom is -0.481 e. The maximum Gasteiger partial charge on any atom is 0.307 e. The number of hydrogen-bond acceptors (Lipinski definition) is 2. The molecule has 0 spiro atoms. The van der Waals surface area contributed by atoms with Gasteiger partial charge >= 0.3 is 5.97 Å². The molecule has 1 amide bonds. The van der Waals surface area contributed by atoms with E-state index < -0.39 is 11.9 Å². The number of carboxylic acids is 1. The molecule has 0 fully saturated rings. The average Bonchev–Trinajstić information content (AvgIpc) is 2.70. The standard InChI is InChI=1S/C25H47NO3/c1-4-7-8-9-10-11-12-13-14-15-16-17-18-19-20-21-23(25(28)29)22-24(27)26(5-2)6-3/h4,23H,1,5-22H2,2-3H3,(H,28,29). The van der Waals surface area contributed by atoms with Crippen LogP contribution in [0, 0.1) is 5.92 Å². The van der Waals surface area contributed by atoms with E-state index in [1.165, 1.54) is 70.6 Å². The lowest BCUT2D eigenvalue weighted by Gasteiger charge is -2.21. The average molecular weight is 410 g/mol. The Morgan fingerprint density at radius 2 is 1.21 bits per heavy atom. The van der Waals surface area contributed by atoms with Crippen molar-refractivity contribution in [2.45, 2.75) is 117 Å². The SMILES string of the molecule is C=CCCCCCCCCCCCCCCCC(CC(=O)N(CC)CC)C(=O)O. The molecule has 0 radical (unpaired) electrons. The van der Waals surface area contributed by atoms with E-state index in [4.69, 9.17) is 0 Å². The summed E-state index contributed by atoms with van der Waals surface area (Å²) >= 11 is 0. The maximum absolute atomic E-state index is 12.1. The normalized spacial score (nSPS) is 11.9. The van der Waals surface area contributed by atoms with Crippen LogP contribution < -0.4 is 0 Å². The van der Waals surface area contributed by atoms with Gasteiger partial charge in [0.15, 0.2) is 0 Å². The molecule has 0 aromatic rings. The summed E-state index contributed by atoms with van der Waals surface area (Å²) in [5, 5.41) is 9.39. The highest BCUT2D eigenvalue weighted by atomic mass is 16.4. The highest BCUT2D eigenvalue weighted by molar-refractivity contribution is 5.82. The number of amides is 1. The van der Waals surface area contributed by atoms with E-state index in [9.17, 15) is 14.7 Å². The van der Waals surface area contributed by atoms with Gasteiger partial charge in [0.1, 0.15) is 0 Å². The summed E-state index contributed by atoms with van der Waals surface area (Å²) in [5.41, 5.74) is 0. The minimum atomic E-state index is -0.828. The van der Waals surface area contributed by atoms with Crippen molar-refractivity contribution in [1.29, 1.82) is 0 Å². The molecule has 0 aliphatic heterocycles. The predicted octanol–water partition coefficient (Wildman–Crippen LogP) is 6.98. The summed E-state index contributed by atoms with van der Waals surface area (Å²) in [6.45, 7) is 8.93. The van der Waals surface area contributed by atoms with Gasteiger partial charge in [-0.25, -0.2) is 0 Å². The van der Waals surface area contributed by atoms with Crippen LogP contribution in [-0.4, -0.2) is 35.0 Å². The van der Waals surface area contributed by atoms with Crippen molar-refractivity contribution < 1.29 is 14.7 Å². The van der Waals surface area contributed by atoms with Crippen molar-refractivity contribution >= 4 is 11.9 Å². The van der Waals surface area contributed by atoms with Gasteiger partial charge in [0, 0.05) is 19.5 Å². The Morgan fingerprint density at radius 3 is 1.59 bits per heavy atom. The number of carbonyl (C=O) groups is 2. The zero-order valence-corrected chi connectivity index (χ0v) is 19.3. The van der Waals surface area contributed by atoms with Crippen LogP contribution in [0.4, 0.5) is 0 Å². The molecule has 170 valence electrons. The number of aliphatic carboxylic acids is 1.